The standard InChI is InChI=1S/C15H15NO3/c1-2-19-15(18)12-9-10-5-3-4-6-13(10)16(14(12)17)11-7-8-11/h3-6,9,11H,2,7-8H2,1H3. The summed E-state index contributed by atoms with van der Waals surface area (Å²) in [6.07, 6.45) is 1.99. The van der Waals surface area contributed by atoms with Crippen molar-refractivity contribution in [3.8, 4) is 0 Å². The van der Waals surface area contributed by atoms with Crippen molar-refractivity contribution in [2.24, 2.45) is 0 Å². The average Bonchev–Trinajstić information content (AvgIpc) is 3.22. The molecule has 1 aliphatic rings. The molecule has 1 aromatic heterocycles. The highest BCUT2D eigenvalue weighted by Crippen LogP contribution is 2.35. The van der Waals surface area contributed by atoms with Gasteiger partial charge in [0.2, 0.25) is 0 Å². The van der Waals surface area contributed by atoms with Crippen molar-refractivity contribution in [3.63, 3.8) is 0 Å². The third kappa shape index (κ3) is 2.03. The summed E-state index contributed by atoms with van der Waals surface area (Å²) in [5.74, 6) is -0.535. The van der Waals surface area contributed by atoms with E-state index in [1.807, 2.05) is 24.3 Å². The van der Waals surface area contributed by atoms with E-state index in [0.29, 0.717) is 0 Å². The molecular weight excluding hydrogens is 242 g/mol. The molecule has 0 spiro atoms. The van der Waals surface area contributed by atoms with Crippen LogP contribution >= 0.6 is 0 Å². The predicted octanol–water partition coefficient (Wildman–Crippen LogP) is 2.51. The molecule has 0 unspecified atom stereocenters. The second-order valence-electron chi connectivity index (χ2n) is 4.74. The largest absolute Gasteiger partial charge is 0.462 e. The molecule has 4 nitrogen and oxygen atoms in total. The van der Waals surface area contributed by atoms with Gasteiger partial charge in [0.25, 0.3) is 5.56 Å². The smallest absolute Gasteiger partial charge is 0.343 e. The van der Waals surface area contributed by atoms with Crippen molar-refractivity contribution in [2.75, 3.05) is 6.61 Å². The zero-order chi connectivity index (χ0) is 13.4. The maximum absolute atomic E-state index is 12.4. The maximum Gasteiger partial charge on any atom is 0.343 e. The number of para-hydroxylation sites is 1. The number of carbonyl (C=O) groups is 1. The monoisotopic (exact) mass is 257 g/mol. The first kappa shape index (κ1) is 12.0. The number of benzene rings is 1. The van der Waals surface area contributed by atoms with Crippen LogP contribution in [0.5, 0.6) is 0 Å². The van der Waals surface area contributed by atoms with E-state index in [4.69, 9.17) is 4.74 Å². The fourth-order valence-corrected chi connectivity index (χ4v) is 2.34. The van der Waals surface area contributed by atoms with Gasteiger partial charge in [-0.25, -0.2) is 4.79 Å². The van der Waals surface area contributed by atoms with Crippen molar-refractivity contribution in [1.29, 1.82) is 0 Å². The van der Waals surface area contributed by atoms with Crippen LogP contribution in [0.25, 0.3) is 10.9 Å². The van der Waals surface area contributed by atoms with Crippen LogP contribution in [-0.2, 0) is 4.74 Å². The Morgan fingerprint density at radius 3 is 2.79 bits per heavy atom. The molecule has 19 heavy (non-hydrogen) atoms. The van der Waals surface area contributed by atoms with Gasteiger partial charge in [-0.3, -0.25) is 4.79 Å². The quantitative estimate of drug-likeness (QED) is 0.794. The predicted molar refractivity (Wildman–Crippen MR) is 72.4 cm³/mol. The number of esters is 1. The lowest BCUT2D eigenvalue weighted by Crippen LogP contribution is -2.27. The van der Waals surface area contributed by atoms with E-state index in [9.17, 15) is 9.59 Å². The number of rotatable bonds is 3. The van der Waals surface area contributed by atoms with Gasteiger partial charge in [-0.05, 0) is 37.3 Å². The molecule has 0 N–H and O–H groups in total. The van der Waals surface area contributed by atoms with Crippen LogP contribution in [-0.4, -0.2) is 17.1 Å². The summed E-state index contributed by atoms with van der Waals surface area (Å²) in [4.78, 5) is 24.3. The van der Waals surface area contributed by atoms with Gasteiger partial charge in [0.15, 0.2) is 0 Å². The van der Waals surface area contributed by atoms with Gasteiger partial charge < -0.3 is 9.30 Å². The van der Waals surface area contributed by atoms with E-state index in [0.717, 1.165) is 23.7 Å². The summed E-state index contributed by atoms with van der Waals surface area (Å²) in [6, 6.07) is 9.50. The molecule has 0 amide bonds. The Hall–Kier alpha value is -2.10. The summed E-state index contributed by atoms with van der Waals surface area (Å²) in [5.41, 5.74) is 0.787. The van der Waals surface area contributed by atoms with E-state index in [-0.39, 0.29) is 23.8 Å². The van der Waals surface area contributed by atoms with Gasteiger partial charge in [-0.1, -0.05) is 18.2 Å². The number of fused-ring (bicyclic) bond motifs is 1. The first-order valence-corrected chi connectivity index (χ1v) is 6.53. The van der Waals surface area contributed by atoms with Crippen molar-refractivity contribution in [2.45, 2.75) is 25.8 Å². The Morgan fingerprint density at radius 2 is 2.11 bits per heavy atom. The highest BCUT2D eigenvalue weighted by atomic mass is 16.5. The summed E-state index contributed by atoms with van der Waals surface area (Å²) in [5, 5.41) is 0.900. The van der Waals surface area contributed by atoms with E-state index >= 15 is 0 Å². The van der Waals surface area contributed by atoms with Gasteiger partial charge >= 0.3 is 5.97 Å². The fourth-order valence-electron chi connectivity index (χ4n) is 2.34. The van der Waals surface area contributed by atoms with E-state index in [1.54, 1.807) is 17.6 Å². The molecule has 98 valence electrons. The van der Waals surface area contributed by atoms with Crippen LogP contribution in [0.1, 0.15) is 36.2 Å². The molecule has 0 saturated heterocycles. The highest BCUT2D eigenvalue weighted by Gasteiger charge is 2.28. The highest BCUT2D eigenvalue weighted by molar-refractivity contribution is 5.93. The summed E-state index contributed by atoms with van der Waals surface area (Å²) >= 11 is 0. The molecule has 0 bridgehead atoms. The average molecular weight is 257 g/mol. The minimum Gasteiger partial charge on any atom is -0.462 e. The molecule has 1 saturated carbocycles. The molecule has 0 aliphatic heterocycles. The Balaban J connectivity index is 2.26. The first-order valence-electron chi connectivity index (χ1n) is 6.53. The molecule has 0 radical (unpaired) electrons. The third-order valence-electron chi connectivity index (χ3n) is 3.35. The number of carbonyl (C=O) groups excluding carboxylic acids is 1. The second-order valence-corrected chi connectivity index (χ2v) is 4.74. The molecule has 2 aromatic rings. The molecule has 0 atom stereocenters. The first-order chi connectivity index (χ1) is 9.22. The van der Waals surface area contributed by atoms with Crippen LogP contribution in [0.15, 0.2) is 35.1 Å². The Labute approximate surface area is 110 Å². The van der Waals surface area contributed by atoms with Gasteiger partial charge in [-0.2, -0.15) is 0 Å². The topological polar surface area (TPSA) is 48.3 Å². The lowest BCUT2D eigenvalue weighted by atomic mass is 10.1. The number of hydrogen-bond donors (Lipinski definition) is 0. The van der Waals surface area contributed by atoms with Gasteiger partial charge in [0.05, 0.1) is 12.1 Å². The molecule has 1 aliphatic carbocycles. The molecule has 1 fully saturated rings. The van der Waals surface area contributed by atoms with E-state index in [2.05, 4.69) is 0 Å². The molecule has 4 heteroatoms. The maximum atomic E-state index is 12.4. The normalized spacial score (nSPS) is 14.6. The Kier molecular flexibility index (Phi) is 2.85. The second kappa shape index (κ2) is 4.53. The van der Waals surface area contributed by atoms with Crippen LogP contribution in [0.4, 0.5) is 0 Å². The van der Waals surface area contributed by atoms with Crippen LogP contribution in [0.3, 0.4) is 0 Å². The Morgan fingerprint density at radius 1 is 1.37 bits per heavy atom. The van der Waals surface area contributed by atoms with E-state index in [1.165, 1.54) is 0 Å². The number of nitrogens with zero attached hydrogens (tertiary/aromatic N) is 1. The Bertz CT molecular complexity index is 698. The van der Waals surface area contributed by atoms with Gasteiger partial charge in [-0.15, -0.1) is 0 Å². The van der Waals surface area contributed by atoms with Crippen molar-refractivity contribution >= 4 is 16.9 Å². The molecule has 1 heterocycles. The molecular formula is C15H15NO3. The summed E-state index contributed by atoms with van der Waals surface area (Å²) in [7, 11) is 0. The van der Waals surface area contributed by atoms with Crippen LogP contribution in [0, 0.1) is 0 Å². The van der Waals surface area contributed by atoms with Gasteiger partial charge in [0.1, 0.15) is 5.56 Å². The minimum atomic E-state index is -0.535. The van der Waals surface area contributed by atoms with Crippen LogP contribution < -0.4 is 5.56 Å². The minimum absolute atomic E-state index is 0.132. The van der Waals surface area contributed by atoms with Crippen molar-refractivity contribution in [3.05, 3.63) is 46.2 Å². The zero-order valence-electron chi connectivity index (χ0n) is 10.8. The SMILES string of the molecule is CCOC(=O)c1cc2ccccc2n(C2CC2)c1=O. The molecule has 1 aromatic carbocycles. The summed E-state index contributed by atoms with van der Waals surface area (Å²) in [6.45, 7) is 2.01. The zero-order valence-corrected chi connectivity index (χ0v) is 10.8. The number of hydrogen-bond acceptors (Lipinski definition) is 3. The van der Waals surface area contributed by atoms with Crippen LogP contribution in [0.2, 0.25) is 0 Å². The molecule has 3 rings (SSSR count). The fraction of sp³-hybridized carbons (Fsp3) is 0.333. The number of aromatic nitrogens is 1. The lowest BCUT2D eigenvalue weighted by Gasteiger charge is -2.11. The lowest BCUT2D eigenvalue weighted by molar-refractivity contribution is 0.0524. The van der Waals surface area contributed by atoms with Crippen molar-refractivity contribution in [1.82, 2.24) is 4.57 Å². The van der Waals surface area contributed by atoms with Gasteiger partial charge in [0, 0.05) is 6.04 Å². The van der Waals surface area contributed by atoms with E-state index < -0.39 is 5.97 Å². The number of ether oxygens (including phenoxy) is 1. The third-order valence-corrected chi connectivity index (χ3v) is 3.35. The summed E-state index contributed by atoms with van der Waals surface area (Å²) < 4.78 is 6.70. The van der Waals surface area contributed by atoms with Crippen molar-refractivity contribution < 1.29 is 9.53 Å². The number of pyridine rings is 1.